The minimum atomic E-state index is -0.118. The Kier molecular flexibility index (Phi) is 3.58. The molecule has 2 aromatic rings. The SMILES string of the molecule is CNc1cnn(Cc2ccccc2Br)c(=O)c1. The molecule has 0 aliphatic carbocycles. The van der Waals surface area contributed by atoms with Crippen molar-refractivity contribution in [1.82, 2.24) is 9.78 Å². The van der Waals surface area contributed by atoms with E-state index in [1.165, 1.54) is 10.7 Å². The molecule has 88 valence electrons. The Balaban J connectivity index is 2.31. The highest BCUT2D eigenvalue weighted by Crippen LogP contribution is 2.16. The van der Waals surface area contributed by atoms with Crippen molar-refractivity contribution in [2.75, 3.05) is 12.4 Å². The lowest BCUT2D eigenvalue weighted by Gasteiger charge is -2.07. The van der Waals surface area contributed by atoms with Crippen LogP contribution in [0, 0.1) is 0 Å². The van der Waals surface area contributed by atoms with Crippen LogP contribution in [0.15, 0.2) is 45.8 Å². The van der Waals surface area contributed by atoms with Crippen LogP contribution in [-0.4, -0.2) is 16.8 Å². The fraction of sp³-hybridized carbons (Fsp3) is 0.167. The second-order valence-corrected chi connectivity index (χ2v) is 4.44. The van der Waals surface area contributed by atoms with Gasteiger partial charge in [-0.3, -0.25) is 4.79 Å². The van der Waals surface area contributed by atoms with Crippen molar-refractivity contribution in [1.29, 1.82) is 0 Å². The third-order valence-electron chi connectivity index (χ3n) is 2.44. The van der Waals surface area contributed by atoms with Crippen molar-refractivity contribution >= 4 is 21.6 Å². The number of rotatable bonds is 3. The standard InChI is InChI=1S/C12H12BrN3O/c1-14-10-6-12(17)16(15-7-10)8-9-4-2-3-5-11(9)13/h2-7,14H,8H2,1H3. The molecule has 0 unspecified atom stereocenters. The number of hydrogen-bond donors (Lipinski definition) is 1. The Bertz CT molecular complexity index is 580. The van der Waals surface area contributed by atoms with Crippen LogP contribution in [0.1, 0.15) is 5.56 Å². The number of nitrogens with one attached hydrogen (secondary N) is 1. The number of hydrogen-bond acceptors (Lipinski definition) is 3. The molecule has 4 nitrogen and oxygen atoms in total. The summed E-state index contributed by atoms with van der Waals surface area (Å²) >= 11 is 3.45. The third kappa shape index (κ3) is 2.74. The van der Waals surface area contributed by atoms with Crippen LogP contribution in [-0.2, 0) is 6.54 Å². The van der Waals surface area contributed by atoms with Gasteiger partial charge in [-0.05, 0) is 11.6 Å². The Labute approximate surface area is 107 Å². The molecule has 0 atom stereocenters. The predicted octanol–water partition coefficient (Wildman–Crippen LogP) is 2.10. The molecule has 5 heteroatoms. The van der Waals surface area contributed by atoms with Crippen LogP contribution in [0.25, 0.3) is 0 Å². The zero-order valence-corrected chi connectivity index (χ0v) is 10.9. The minimum absolute atomic E-state index is 0.118. The summed E-state index contributed by atoms with van der Waals surface area (Å²) in [5, 5.41) is 6.99. The molecule has 2 rings (SSSR count). The molecule has 0 amide bonds. The molecule has 0 saturated heterocycles. The molecule has 0 bridgehead atoms. The largest absolute Gasteiger partial charge is 0.387 e. The first kappa shape index (κ1) is 11.9. The quantitative estimate of drug-likeness (QED) is 0.943. The average Bonchev–Trinajstić information content (AvgIpc) is 2.34. The van der Waals surface area contributed by atoms with Crippen molar-refractivity contribution in [3.63, 3.8) is 0 Å². The van der Waals surface area contributed by atoms with Gasteiger partial charge in [0.15, 0.2) is 0 Å². The van der Waals surface area contributed by atoms with Crippen LogP contribution >= 0.6 is 15.9 Å². The zero-order valence-electron chi connectivity index (χ0n) is 9.35. The van der Waals surface area contributed by atoms with Crippen LogP contribution in [0.3, 0.4) is 0 Å². The molecule has 17 heavy (non-hydrogen) atoms. The number of halogens is 1. The second-order valence-electron chi connectivity index (χ2n) is 3.58. The zero-order chi connectivity index (χ0) is 12.3. The molecule has 1 aromatic heterocycles. The van der Waals surface area contributed by atoms with Gasteiger partial charge in [-0.15, -0.1) is 0 Å². The summed E-state index contributed by atoms with van der Waals surface area (Å²) in [4.78, 5) is 11.8. The summed E-state index contributed by atoms with van der Waals surface area (Å²) in [7, 11) is 1.76. The Hall–Kier alpha value is -1.62. The van der Waals surface area contributed by atoms with E-state index < -0.39 is 0 Å². The van der Waals surface area contributed by atoms with E-state index in [4.69, 9.17) is 0 Å². The second kappa shape index (κ2) is 5.14. The van der Waals surface area contributed by atoms with Crippen LogP contribution in [0.5, 0.6) is 0 Å². The molecular weight excluding hydrogens is 282 g/mol. The third-order valence-corrected chi connectivity index (χ3v) is 3.21. The number of benzene rings is 1. The summed E-state index contributed by atoms with van der Waals surface area (Å²) < 4.78 is 2.41. The van der Waals surface area contributed by atoms with Gasteiger partial charge in [0.2, 0.25) is 0 Å². The van der Waals surface area contributed by atoms with E-state index >= 15 is 0 Å². The van der Waals surface area contributed by atoms with Crippen molar-refractivity contribution in [2.45, 2.75) is 6.54 Å². The van der Waals surface area contributed by atoms with Gasteiger partial charge in [-0.2, -0.15) is 5.10 Å². The first-order valence-corrected chi connectivity index (χ1v) is 5.98. The van der Waals surface area contributed by atoms with E-state index in [0.29, 0.717) is 6.54 Å². The molecule has 1 aromatic carbocycles. The van der Waals surface area contributed by atoms with E-state index in [0.717, 1.165) is 15.7 Å². The Morgan fingerprint density at radius 3 is 2.82 bits per heavy atom. The summed E-state index contributed by atoms with van der Waals surface area (Å²) in [6.45, 7) is 0.463. The van der Waals surface area contributed by atoms with Gasteiger partial charge in [0, 0.05) is 17.6 Å². The smallest absolute Gasteiger partial charge is 0.269 e. The maximum atomic E-state index is 11.8. The summed E-state index contributed by atoms with van der Waals surface area (Å²) in [6, 6.07) is 9.32. The molecule has 0 saturated carbocycles. The van der Waals surface area contributed by atoms with Gasteiger partial charge in [-0.1, -0.05) is 34.1 Å². The van der Waals surface area contributed by atoms with E-state index in [-0.39, 0.29) is 5.56 Å². The van der Waals surface area contributed by atoms with Crippen LogP contribution < -0.4 is 10.9 Å². The first-order chi connectivity index (χ1) is 8.20. The summed E-state index contributed by atoms with van der Waals surface area (Å²) in [5.41, 5.74) is 1.63. The first-order valence-electron chi connectivity index (χ1n) is 5.19. The van der Waals surface area contributed by atoms with Gasteiger partial charge in [0.25, 0.3) is 5.56 Å². The molecule has 0 aliphatic heterocycles. The van der Waals surface area contributed by atoms with Crippen LogP contribution in [0.4, 0.5) is 5.69 Å². The molecule has 1 heterocycles. The lowest BCUT2D eigenvalue weighted by Crippen LogP contribution is -2.22. The topological polar surface area (TPSA) is 46.9 Å². The molecule has 1 N–H and O–H groups in total. The molecule has 0 aliphatic rings. The average molecular weight is 294 g/mol. The normalized spacial score (nSPS) is 10.2. The van der Waals surface area contributed by atoms with Crippen molar-refractivity contribution in [3.8, 4) is 0 Å². The van der Waals surface area contributed by atoms with E-state index in [1.54, 1.807) is 13.2 Å². The van der Waals surface area contributed by atoms with Crippen molar-refractivity contribution < 1.29 is 0 Å². The fourth-order valence-corrected chi connectivity index (χ4v) is 1.89. The van der Waals surface area contributed by atoms with Gasteiger partial charge in [0.05, 0.1) is 18.4 Å². The monoisotopic (exact) mass is 293 g/mol. The highest BCUT2D eigenvalue weighted by molar-refractivity contribution is 9.10. The lowest BCUT2D eigenvalue weighted by atomic mass is 10.2. The maximum Gasteiger partial charge on any atom is 0.269 e. The summed E-state index contributed by atoms with van der Waals surface area (Å²) in [5.74, 6) is 0. The van der Waals surface area contributed by atoms with Gasteiger partial charge in [0.1, 0.15) is 0 Å². The highest BCUT2D eigenvalue weighted by Gasteiger charge is 2.03. The van der Waals surface area contributed by atoms with E-state index in [2.05, 4.69) is 26.3 Å². The highest BCUT2D eigenvalue weighted by atomic mass is 79.9. The lowest BCUT2D eigenvalue weighted by molar-refractivity contribution is 0.638. The van der Waals surface area contributed by atoms with Gasteiger partial charge in [-0.25, -0.2) is 4.68 Å². The molecular formula is C12H12BrN3O. The van der Waals surface area contributed by atoms with E-state index in [9.17, 15) is 4.79 Å². The number of anilines is 1. The predicted molar refractivity (Wildman–Crippen MR) is 71.3 cm³/mol. The number of nitrogens with zero attached hydrogens (tertiary/aromatic N) is 2. The number of aromatic nitrogens is 2. The Morgan fingerprint density at radius 2 is 2.18 bits per heavy atom. The maximum absolute atomic E-state index is 11.8. The van der Waals surface area contributed by atoms with Crippen LogP contribution in [0.2, 0.25) is 0 Å². The molecule has 0 spiro atoms. The van der Waals surface area contributed by atoms with Gasteiger partial charge < -0.3 is 5.32 Å². The summed E-state index contributed by atoms with van der Waals surface area (Å²) in [6.07, 6.45) is 1.64. The molecule has 0 fully saturated rings. The van der Waals surface area contributed by atoms with Crippen molar-refractivity contribution in [3.05, 3.63) is 56.9 Å². The van der Waals surface area contributed by atoms with E-state index in [1.807, 2.05) is 24.3 Å². The Morgan fingerprint density at radius 1 is 1.41 bits per heavy atom. The fourth-order valence-electron chi connectivity index (χ4n) is 1.48. The minimum Gasteiger partial charge on any atom is -0.387 e. The molecule has 0 radical (unpaired) electrons. The van der Waals surface area contributed by atoms with Crippen molar-refractivity contribution in [2.24, 2.45) is 0 Å². The van der Waals surface area contributed by atoms with Gasteiger partial charge >= 0.3 is 0 Å².